The number of nitrogens with zero attached hydrogens (tertiary/aromatic N) is 5. The summed E-state index contributed by atoms with van der Waals surface area (Å²) in [4.78, 5) is 9.51. The molecule has 2 aromatic heterocycles. The van der Waals surface area contributed by atoms with Crippen LogP contribution in [0.3, 0.4) is 0 Å². The molecule has 5 rings (SSSR count). The van der Waals surface area contributed by atoms with Crippen molar-refractivity contribution in [3.8, 4) is 17.2 Å². The van der Waals surface area contributed by atoms with Gasteiger partial charge in [-0.2, -0.15) is 4.98 Å². The first-order valence-electron chi connectivity index (χ1n) is 10.6. The number of benzene rings is 1. The van der Waals surface area contributed by atoms with Gasteiger partial charge in [0.15, 0.2) is 5.82 Å². The zero-order valence-electron chi connectivity index (χ0n) is 17.6. The molecule has 3 aromatic rings. The van der Waals surface area contributed by atoms with E-state index in [1.54, 1.807) is 0 Å². The molecule has 2 aliphatic heterocycles. The molecule has 4 heterocycles. The van der Waals surface area contributed by atoms with Gasteiger partial charge in [0.25, 0.3) is 5.89 Å². The highest BCUT2D eigenvalue weighted by atomic mass is 16.5. The molecule has 8 nitrogen and oxygen atoms in total. The lowest BCUT2D eigenvalue weighted by molar-refractivity contribution is 0.241. The Labute approximate surface area is 175 Å². The fourth-order valence-electron chi connectivity index (χ4n) is 4.35. The maximum absolute atomic E-state index is 5.62. The van der Waals surface area contributed by atoms with Gasteiger partial charge in [0.05, 0.1) is 18.8 Å². The van der Waals surface area contributed by atoms with Crippen LogP contribution in [-0.4, -0.2) is 57.9 Å². The van der Waals surface area contributed by atoms with E-state index in [-0.39, 0.29) is 0 Å². The molecule has 30 heavy (non-hydrogen) atoms. The Hall–Kier alpha value is -2.71. The van der Waals surface area contributed by atoms with Gasteiger partial charge in [0.2, 0.25) is 0 Å². The van der Waals surface area contributed by atoms with Crippen LogP contribution in [0.2, 0.25) is 0 Å². The number of rotatable bonds is 5. The lowest BCUT2D eigenvalue weighted by atomic mass is 10.1. The van der Waals surface area contributed by atoms with Crippen molar-refractivity contribution in [1.82, 2.24) is 25.1 Å². The maximum atomic E-state index is 5.62. The van der Waals surface area contributed by atoms with Gasteiger partial charge in [0.1, 0.15) is 17.1 Å². The maximum Gasteiger partial charge on any atom is 0.263 e. The summed E-state index contributed by atoms with van der Waals surface area (Å²) in [6.07, 6.45) is 2.15. The molecule has 1 saturated heterocycles. The van der Waals surface area contributed by atoms with Crippen molar-refractivity contribution < 1.29 is 13.8 Å². The van der Waals surface area contributed by atoms with E-state index in [2.05, 4.69) is 43.3 Å². The van der Waals surface area contributed by atoms with Crippen molar-refractivity contribution in [3.63, 3.8) is 0 Å². The van der Waals surface area contributed by atoms with E-state index in [1.165, 1.54) is 11.1 Å². The van der Waals surface area contributed by atoms with Gasteiger partial charge in [-0.25, -0.2) is 0 Å². The quantitative estimate of drug-likeness (QED) is 0.636. The summed E-state index contributed by atoms with van der Waals surface area (Å²) in [5, 5.41) is 8.14. The standard InChI is InChI=1S/C22H27N5O3/c1-15-21(16(2)29-24-15)22-23-20(25-30-22)14-27-8-3-7-26(9-10-27)13-17-4-5-19-18(12-17)6-11-28-19/h4-5,12H,3,6-11,13-14H2,1-2H3. The monoisotopic (exact) mass is 409 g/mol. The van der Waals surface area contributed by atoms with Crippen LogP contribution >= 0.6 is 0 Å². The van der Waals surface area contributed by atoms with Gasteiger partial charge >= 0.3 is 0 Å². The molecular formula is C22H27N5O3. The van der Waals surface area contributed by atoms with Crippen LogP contribution in [0.25, 0.3) is 11.5 Å². The summed E-state index contributed by atoms with van der Waals surface area (Å²) < 4.78 is 16.3. The Morgan fingerprint density at radius 1 is 0.967 bits per heavy atom. The molecule has 0 saturated carbocycles. The van der Waals surface area contributed by atoms with Crippen molar-refractivity contribution in [2.75, 3.05) is 32.8 Å². The molecule has 0 N–H and O–H groups in total. The Kier molecular flexibility index (Phi) is 5.26. The summed E-state index contributed by atoms with van der Waals surface area (Å²) in [6.45, 7) is 10.4. The summed E-state index contributed by atoms with van der Waals surface area (Å²) in [5.74, 6) is 2.94. The van der Waals surface area contributed by atoms with E-state index in [0.717, 1.165) is 69.2 Å². The smallest absolute Gasteiger partial charge is 0.263 e. The SMILES string of the molecule is Cc1noc(C)c1-c1nc(CN2CCCN(Cc3ccc4c(c3)CCO4)CC2)no1. The van der Waals surface area contributed by atoms with Crippen LogP contribution in [-0.2, 0) is 19.5 Å². The molecule has 0 radical (unpaired) electrons. The van der Waals surface area contributed by atoms with Gasteiger partial charge in [-0.3, -0.25) is 9.80 Å². The molecule has 0 aliphatic carbocycles. The van der Waals surface area contributed by atoms with E-state index in [1.807, 2.05) is 13.8 Å². The first-order valence-corrected chi connectivity index (χ1v) is 10.6. The van der Waals surface area contributed by atoms with E-state index >= 15 is 0 Å². The van der Waals surface area contributed by atoms with Crippen molar-refractivity contribution >= 4 is 0 Å². The van der Waals surface area contributed by atoms with Gasteiger partial charge in [-0.1, -0.05) is 22.4 Å². The largest absolute Gasteiger partial charge is 0.493 e. The second-order valence-electron chi connectivity index (χ2n) is 8.16. The number of hydrogen-bond acceptors (Lipinski definition) is 8. The predicted molar refractivity (Wildman–Crippen MR) is 110 cm³/mol. The van der Waals surface area contributed by atoms with E-state index in [0.29, 0.717) is 24.0 Å². The molecule has 2 aliphatic rings. The second kappa shape index (κ2) is 8.20. The summed E-state index contributed by atoms with van der Waals surface area (Å²) >= 11 is 0. The molecule has 0 unspecified atom stereocenters. The summed E-state index contributed by atoms with van der Waals surface area (Å²) in [7, 11) is 0. The normalized spacial score (nSPS) is 17.7. The van der Waals surface area contributed by atoms with Gasteiger partial charge in [-0.15, -0.1) is 0 Å². The second-order valence-corrected chi connectivity index (χ2v) is 8.16. The molecule has 1 fully saturated rings. The fourth-order valence-corrected chi connectivity index (χ4v) is 4.35. The van der Waals surface area contributed by atoms with E-state index < -0.39 is 0 Å². The Morgan fingerprint density at radius 2 is 1.80 bits per heavy atom. The summed E-state index contributed by atoms with van der Waals surface area (Å²) in [5.41, 5.74) is 4.28. The molecule has 0 amide bonds. The molecule has 0 atom stereocenters. The van der Waals surface area contributed by atoms with Gasteiger partial charge < -0.3 is 13.8 Å². The van der Waals surface area contributed by atoms with Gasteiger partial charge in [-0.05, 0) is 50.6 Å². The van der Waals surface area contributed by atoms with Crippen LogP contribution in [0.15, 0.2) is 27.2 Å². The lowest BCUT2D eigenvalue weighted by Crippen LogP contribution is -2.30. The minimum Gasteiger partial charge on any atom is -0.493 e. The van der Waals surface area contributed by atoms with Crippen LogP contribution in [0.5, 0.6) is 5.75 Å². The highest BCUT2D eigenvalue weighted by Crippen LogP contribution is 2.27. The topological polar surface area (TPSA) is 80.7 Å². The van der Waals surface area contributed by atoms with Crippen molar-refractivity contribution in [2.45, 2.75) is 39.8 Å². The van der Waals surface area contributed by atoms with Crippen molar-refractivity contribution in [2.24, 2.45) is 0 Å². The Bertz CT molecular complexity index is 1010. The van der Waals surface area contributed by atoms with Crippen LogP contribution < -0.4 is 4.74 Å². The Balaban J connectivity index is 1.18. The first kappa shape index (κ1) is 19.3. The Morgan fingerprint density at radius 3 is 2.60 bits per heavy atom. The zero-order valence-corrected chi connectivity index (χ0v) is 17.6. The summed E-state index contributed by atoms with van der Waals surface area (Å²) in [6, 6.07) is 6.62. The molecule has 8 heteroatoms. The minimum absolute atomic E-state index is 0.485. The molecule has 0 spiro atoms. The first-order chi connectivity index (χ1) is 14.7. The highest BCUT2D eigenvalue weighted by molar-refractivity contribution is 5.57. The third-order valence-electron chi connectivity index (χ3n) is 5.92. The molecular weight excluding hydrogens is 382 g/mol. The molecule has 1 aromatic carbocycles. The van der Waals surface area contributed by atoms with E-state index in [4.69, 9.17) is 13.8 Å². The third kappa shape index (κ3) is 3.97. The van der Waals surface area contributed by atoms with Crippen molar-refractivity contribution in [1.29, 1.82) is 0 Å². The third-order valence-corrected chi connectivity index (χ3v) is 5.92. The average Bonchev–Trinajstić information content (AvgIpc) is 3.42. The van der Waals surface area contributed by atoms with Crippen LogP contribution in [0.1, 0.15) is 34.8 Å². The highest BCUT2D eigenvalue weighted by Gasteiger charge is 2.21. The minimum atomic E-state index is 0.485. The average molecular weight is 409 g/mol. The van der Waals surface area contributed by atoms with Crippen molar-refractivity contribution in [3.05, 3.63) is 46.6 Å². The number of aromatic nitrogens is 3. The van der Waals surface area contributed by atoms with Gasteiger partial charge in [0, 0.05) is 26.1 Å². The molecule has 0 bridgehead atoms. The lowest BCUT2D eigenvalue weighted by Gasteiger charge is -2.21. The van der Waals surface area contributed by atoms with Crippen LogP contribution in [0.4, 0.5) is 0 Å². The number of fused-ring (bicyclic) bond motifs is 1. The fraction of sp³-hybridized carbons (Fsp3) is 0.500. The van der Waals surface area contributed by atoms with E-state index in [9.17, 15) is 0 Å². The van der Waals surface area contributed by atoms with Crippen LogP contribution in [0, 0.1) is 13.8 Å². The molecule has 158 valence electrons. The zero-order chi connectivity index (χ0) is 20.5. The number of hydrogen-bond donors (Lipinski definition) is 0. The predicted octanol–water partition coefficient (Wildman–Crippen LogP) is 2.98. The number of ether oxygens (including phenoxy) is 1. The number of aryl methyl sites for hydroxylation is 2.